The zero-order valence-corrected chi connectivity index (χ0v) is 15.2. The molecule has 2 aromatic rings. The van der Waals surface area contributed by atoms with E-state index in [2.05, 4.69) is 15.0 Å². The van der Waals surface area contributed by atoms with E-state index in [1.165, 1.54) is 0 Å². The monoisotopic (exact) mass is 355 g/mol. The molecule has 0 N–H and O–H groups in total. The molecular weight excluding hydrogens is 330 g/mol. The summed E-state index contributed by atoms with van der Waals surface area (Å²) < 4.78 is 7.29. The first-order valence-electron chi connectivity index (χ1n) is 9.31. The van der Waals surface area contributed by atoms with Gasteiger partial charge in [-0.3, -0.25) is 14.5 Å². The second kappa shape index (κ2) is 7.45. The zero-order valence-electron chi connectivity index (χ0n) is 15.2. The number of hydrogen-bond donors (Lipinski definition) is 0. The normalized spacial score (nSPS) is 21.0. The number of anilines is 1. The Labute approximate surface area is 153 Å². The Balaban J connectivity index is 1.58. The van der Waals surface area contributed by atoms with Crippen molar-refractivity contribution in [3.8, 4) is 0 Å². The van der Waals surface area contributed by atoms with Gasteiger partial charge in [-0.1, -0.05) is 0 Å². The van der Waals surface area contributed by atoms with Gasteiger partial charge in [0.2, 0.25) is 0 Å². The minimum absolute atomic E-state index is 0.00556. The first-order valence-corrected chi connectivity index (χ1v) is 9.31. The van der Waals surface area contributed by atoms with E-state index in [-0.39, 0.29) is 11.9 Å². The van der Waals surface area contributed by atoms with Crippen molar-refractivity contribution in [1.29, 1.82) is 0 Å². The molecule has 0 radical (unpaired) electrons. The van der Waals surface area contributed by atoms with Crippen molar-refractivity contribution in [2.45, 2.75) is 25.3 Å². The molecule has 138 valence electrons. The Morgan fingerprint density at radius 2 is 2.00 bits per heavy atom. The standard InChI is InChI=1S/C19H25N5O2/c1-22-17(6-8-21-22)18-4-2-3-9-24(18)19(25)16-14-15(5-7-20-16)23-10-12-26-13-11-23/h5-8,14,18H,2-4,9-13H2,1H3. The van der Waals surface area contributed by atoms with Gasteiger partial charge in [0.25, 0.3) is 5.91 Å². The van der Waals surface area contributed by atoms with Gasteiger partial charge < -0.3 is 14.5 Å². The predicted octanol–water partition coefficient (Wildman–Crippen LogP) is 2.02. The molecule has 0 aromatic carbocycles. The Kier molecular flexibility index (Phi) is 4.88. The van der Waals surface area contributed by atoms with E-state index < -0.39 is 0 Å². The van der Waals surface area contributed by atoms with Crippen LogP contribution in [0.15, 0.2) is 30.6 Å². The summed E-state index contributed by atoms with van der Waals surface area (Å²) in [7, 11) is 1.93. The lowest BCUT2D eigenvalue weighted by molar-refractivity contribution is 0.0595. The van der Waals surface area contributed by atoms with Gasteiger partial charge in [-0.25, -0.2) is 0 Å². The van der Waals surface area contributed by atoms with Gasteiger partial charge in [-0.05, 0) is 37.5 Å². The van der Waals surface area contributed by atoms with Crippen LogP contribution in [0.5, 0.6) is 0 Å². The highest BCUT2D eigenvalue weighted by Gasteiger charge is 2.31. The number of carbonyl (C=O) groups is 1. The predicted molar refractivity (Wildman–Crippen MR) is 98.1 cm³/mol. The van der Waals surface area contributed by atoms with Crippen molar-refractivity contribution in [3.63, 3.8) is 0 Å². The fourth-order valence-electron chi connectivity index (χ4n) is 3.89. The minimum atomic E-state index is 0.00556. The van der Waals surface area contributed by atoms with Crippen molar-refractivity contribution in [2.75, 3.05) is 37.7 Å². The molecule has 2 aliphatic rings. The van der Waals surface area contributed by atoms with Crippen LogP contribution in [0.3, 0.4) is 0 Å². The third-order valence-corrected chi connectivity index (χ3v) is 5.30. The maximum Gasteiger partial charge on any atom is 0.273 e. The largest absolute Gasteiger partial charge is 0.378 e. The number of nitrogens with zero attached hydrogens (tertiary/aromatic N) is 5. The third kappa shape index (κ3) is 3.31. The van der Waals surface area contributed by atoms with E-state index in [4.69, 9.17) is 4.74 Å². The minimum Gasteiger partial charge on any atom is -0.378 e. The first kappa shape index (κ1) is 17.0. The molecule has 4 rings (SSSR count). The van der Waals surface area contributed by atoms with Gasteiger partial charge in [-0.15, -0.1) is 0 Å². The van der Waals surface area contributed by atoms with E-state index >= 15 is 0 Å². The van der Waals surface area contributed by atoms with Crippen molar-refractivity contribution in [1.82, 2.24) is 19.7 Å². The molecule has 0 saturated carbocycles. The molecule has 7 nitrogen and oxygen atoms in total. The summed E-state index contributed by atoms with van der Waals surface area (Å²) in [5.74, 6) is 0.00556. The average Bonchev–Trinajstić information content (AvgIpc) is 3.14. The first-order chi connectivity index (χ1) is 12.7. The molecule has 0 aliphatic carbocycles. The van der Waals surface area contributed by atoms with E-state index in [1.807, 2.05) is 34.8 Å². The smallest absolute Gasteiger partial charge is 0.273 e. The molecule has 1 atom stereocenters. The molecule has 1 unspecified atom stereocenters. The second-order valence-electron chi connectivity index (χ2n) is 6.89. The summed E-state index contributed by atoms with van der Waals surface area (Å²) in [6, 6.07) is 5.96. The van der Waals surface area contributed by atoms with Crippen LogP contribution < -0.4 is 4.90 Å². The zero-order chi connectivity index (χ0) is 17.9. The van der Waals surface area contributed by atoms with Crippen molar-refractivity contribution in [2.24, 2.45) is 7.05 Å². The highest BCUT2D eigenvalue weighted by atomic mass is 16.5. The summed E-state index contributed by atoms with van der Waals surface area (Å²) >= 11 is 0. The Morgan fingerprint density at radius 1 is 1.15 bits per heavy atom. The molecule has 0 bridgehead atoms. The molecule has 2 saturated heterocycles. The second-order valence-corrected chi connectivity index (χ2v) is 6.89. The topological polar surface area (TPSA) is 63.5 Å². The van der Waals surface area contributed by atoms with Crippen molar-refractivity contribution >= 4 is 11.6 Å². The molecule has 4 heterocycles. The fraction of sp³-hybridized carbons (Fsp3) is 0.526. The quantitative estimate of drug-likeness (QED) is 0.843. The Hall–Kier alpha value is -2.41. The Bertz CT molecular complexity index is 769. The fourth-order valence-corrected chi connectivity index (χ4v) is 3.89. The van der Waals surface area contributed by atoms with E-state index in [0.717, 1.165) is 63.5 Å². The van der Waals surface area contributed by atoms with Crippen LogP contribution in [0, 0.1) is 0 Å². The van der Waals surface area contributed by atoms with Gasteiger partial charge in [0.15, 0.2) is 0 Å². The van der Waals surface area contributed by atoms with Crippen LogP contribution in [-0.4, -0.2) is 58.4 Å². The number of aromatic nitrogens is 3. The number of morpholine rings is 1. The lowest BCUT2D eigenvalue weighted by atomic mass is 9.98. The summed E-state index contributed by atoms with van der Waals surface area (Å²) in [5, 5.41) is 4.28. The van der Waals surface area contributed by atoms with E-state index in [0.29, 0.717) is 5.69 Å². The summed E-state index contributed by atoms with van der Waals surface area (Å²) in [6.45, 7) is 3.90. The number of amides is 1. The number of carbonyl (C=O) groups excluding carboxylic acids is 1. The molecule has 1 amide bonds. The number of rotatable bonds is 3. The van der Waals surface area contributed by atoms with Crippen LogP contribution >= 0.6 is 0 Å². The Morgan fingerprint density at radius 3 is 2.77 bits per heavy atom. The highest BCUT2D eigenvalue weighted by molar-refractivity contribution is 5.93. The number of hydrogen-bond acceptors (Lipinski definition) is 5. The van der Waals surface area contributed by atoms with Crippen molar-refractivity contribution < 1.29 is 9.53 Å². The maximum absolute atomic E-state index is 13.2. The van der Waals surface area contributed by atoms with E-state index in [1.54, 1.807) is 12.4 Å². The maximum atomic E-state index is 13.2. The third-order valence-electron chi connectivity index (χ3n) is 5.30. The molecule has 2 aliphatic heterocycles. The lowest BCUT2D eigenvalue weighted by Crippen LogP contribution is -2.40. The van der Waals surface area contributed by atoms with Crippen LogP contribution in [0.2, 0.25) is 0 Å². The van der Waals surface area contributed by atoms with Crippen LogP contribution in [0.25, 0.3) is 0 Å². The van der Waals surface area contributed by atoms with Gasteiger partial charge in [0.05, 0.1) is 24.9 Å². The van der Waals surface area contributed by atoms with Crippen LogP contribution in [-0.2, 0) is 11.8 Å². The molecule has 2 fully saturated rings. The molecule has 0 spiro atoms. The number of aryl methyl sites for hydroxylation is 1. The van der Waals surface area contributed by atoms with Gasteiger partial charge in [-0.2, -0.15) is 5.10 Å². The van der Waals surface area contributed by atoms with Gasteiger partial charge in [0.1, 0.15) is 5.69 Å². The molecule has 7 heteroatoms. The SMILES string of the molecule is Cn1nccc1C1CCCCN1C(=O)c1cc(N2CCOCC2)ccn1. The number of likely N-dealkylation sites (tertiary alicyclic amines) is 1. The van der Waals surface area contributed by atoms with Crippen LogP contribution in [0.1, 0.15) is 41.5 Å². The molecule has 26 heavy (non-hydrogen) atoms. The number of ether oxygens (including phenoxy) is 1. The average molecular weight is 355 g/mol. The van der Waals surface area contributed by atoms with E-state index in [9.17, 15) is 4.79 Å². The number of pyridine rings is 1. The lowest BCUT2D eigenvalue weighted by Gasteiger charge is -2.35. The van der Waals surface area contributed by atoms with Crippen LogP contribution in [0.4, 0.5) is 5.69 Å². The van der Waals surface area contributed by atoms with Gasteiger partial charge >= 0.3 is 0 Å². The summed E-state index contributed by atoms with van der Waals surface area (Å²) in [6.07, 6.45) is 6.66. The van der Waals surface area contributed by atoms with Crippen molar-refractivity contribution in [3.05, 3.63) is 42.0 Å². The summed E-state index contributed by atoms with van der Waals surface area (Å²) in [4.78, 5) is 21.8. The molecular formula is C19H25N5O2. The summed E-state index contributed by atoms with van der Waals surface area (Å²) in [5.41, 5.74) is 2.64. The molecule has 2 aromatic heterocycles. The van der Waals surface area contributed by atoms with Gasteiger partial charge in [0, 0.05) is 44.8 Å². The highest BCUT2D eigenvalue weighted by Crippen LogP contribution is 2.32. The number of piperidine rings is 1.